The summed E-state index contributed by atoms with van der Waals surface area (Å²) in [6.07, 6.45) is 1.22. The van der Waals surface area contributed by atoms with E-state index < -0.39 is 5.97 Å². The highest BCUT2D eigenvalue weighted by atomic mass is 35.5. The molecule has 1 rings (SSSR count). The van der Waals surface area contributed by atoms with Crippen LogP contribution in [0.3, 0.4) is 0 Å². The van der Waals surface area contributed by atoms with Crippen molar-refractivity contribution in [2.45, 2.75) is 17.7 Å². The fourth-order valence-electron chi connectivity index (χ4n) is 1.48. The Bertz CT molecular complexity index is 387. The summed E-state index contributed by atoms with van der Waals surface area (Å²) in [5.41, 5.74) is 0. The Morgan fingerprint density at radius 2 is 2.11 bits per heavy atom. The monoisotopic (exact) mass is 287 g/mol. The van der Waals surface area contributed by atoms with Gasteiger partial charge in [0.2, 0.25) is 0 Å². The number of benzene rings is 1. The molecule has 0 aromatic heterocycles. The Balaban J connectivity index is 2.15. The van der Waals surface area contributed by atoms with Gasteiger partial charge < -0.3 is 10.0 Å². The molecule has 1 N–H and O–H groups in total. The molecule has 0 saturated carbocycles. The molecule has 100 valence electrons. The maximum atomic E-state index is 10.4. The second kappa shape index (κ2) is 8.40. The highest BCUT2D eigenvalue weighted by Crippen LogP contribution is 2.26. The fraction of sp³-hybridized carbons (Fsp3) is 0.462. The lowest BCUT2D eigenvalue weighted by Gasteiger charge is -2.14. The normalized spacial score (nSPS) is 10.8. The van der Waals surface area contributed by atoms with Crippen molar-refractivity contribution in [3.63, 3.8) is 0 Å². The highest BCUT2D eigenvalue weighted by Gasteiger charge is 2.03. The zero-order valence-corrected chi connectivity index (χ0v) is 12.0. The zero-order valence-electron chi connectivity index (χ0n) is 10.4. The fourth-order valence-corrected chi connectivity index (χ4v) is 2.65. The topological polar surface area (TPSA) is 40.5 Å². The molecule has 0 aliphatic rings. The number of carbonyl (C=O) groups is 1. The van der Waals surface area contributed by atoms with Gasteiger partial charge in [-0.25, -0.2) is 0 Å². The maximum Gasteiger partial charge on any atom is 0.304 e. The van der Waals surface area contributed by atoms with Gasteiger partial charge in [0, 0.05) is 11.4 Å². The summed E-state index contributed by atoms with van der Waals surface area (Å²) in [5.74, 6) is 0.244. The van der Waals surface area contributed by atoms with E-state index in [0.29, 0.717) is 6.54 Å². The van der Waals surface area contributed by atoms with E-state index in [1.165, 1.54) is 0 Å². The number of halogens is 1. The van der Waals surface area contributed by atoms with Crippen molar-refractivity contribution in [3.8, 4) is 0 Å². The van der Waals surface area contributed by atoms with Crippen LogP contribution in [0.5, 0.6) is 0 Å². The first-order valence-corrected chi connectivity index (χ1v) is 7.23. The average molecular weight is 288 g/mol. The van der Waals surface area contributed by atoms with Crippen molar-refractivity contribution in [2.75, 3.05) is 25.9 Å². The Morgan fingerprint density at radius 3 is 2.78 bits per heavy atom. The van der Waals surface area contributed by atoms with E-state index in [-0.39, 0.29) is 6.42 Å². The highest BCUT2D eigenvalue weighted by molar-refractivity contribution is 7.99. The summed E-state index contributed by atoms with van der Waals surface area (Å²) in [7, 11) is 1.95. The largest absolute Gasteiger partial charge is 0.481 e. The van der Waals surface area contributed by atoms with Crippen molar-refractivity contribution in [3.05, 3.63) is 29.3 Å². The molecule has 0 radical (unpaired) electrons. The van der Waals surface area contributed by atoms with Gasteiger partial charge >= 0.3 is 5.97 Å². The van der Waals surface area contributed by atoms with Crippen LogP contribution in [0, 0.1) is 0 Å². The first-order valence-electron chi connectivity index (χ1n) is 5.87. The number of aliphatic carboxylic acids is 1. The minimum absolute atomic E-state index is 0.203. The van der Waals surface area contributed by atoms with Gasteiger partial charge in [-0.05, 0) is 37.9 Å². The number of carboxylic acids is 1. The van der Waals surface area contributed by atoms with E-state index >= 15 is 0 Å². The van der Waals surface area contributed by atoms with Gasteiger partial charge in [-0.15, -0.1) is 11.8 Å². The molecule has 5 heteroatoms. The Kier molecular flexibility index (Phi) is 7.16. The molecule has 0 fully saturated rings. The van der Waals surface area contributed by atoms with Crippen LogP contribution >= 0.6 is 23.4 Å². The van der Waals surface area contributed by atoms with Crippen molar-refractivity contribution < 1.29 is 9.90 Å². The molecule has 0 atom stereocenters. The minimum atomic E-state index is -0.743. The predicted octanol–water partition coefficient (Wildman–Crippen LogP) is 3.23. The molecule has 0 heterocycles. The van der Waals surface area contributed by atoms with Gasteiger partial charge in [-0.1, -0.05) is 23.7 Å². The van der Waals surface area contributed by atoms with E-state index in [9.17, 15) is 4.79 Å². The smallest absolute Gasteiger partial charge is 0.304 e. The summed E-state index contributed by atoms with van der Waals surface area (Å²) in [6.45, 7) is 1.51. The Morgan fingerprint density at radius 1 is 1.39 bits per heavy atom. The number of carboxylic acid groups (broad SMARTS) is 1. The number of hydrogen-bond acceptors (Lipinski definition) is 3. The van der Waals surface area contributed by atoms with Crippen LogP contribution in [-0.2, 0) is 4.79 Å². The Hall–Kier alpha value is -0.710. The second-order valence-electron chi connectivity index (χ2n) is 4.08. The van der Waals surface area contributed by atoms with Crippen molar-refractivity contribution in [1.82, 2.24) is 4.90 Å². The molecule has 0 spiro atoms. The van der Waals surface area contributed by atoms with Crippen LogP contribution in [0.2, 0.25) is 5.02 Å². The van der Waals surface area contributed by atoms with Crippen LogP contribution in [0.25, 0.3) is 0 Å². The van der Waals surface area contributed by atoms with E-state index in [1.807, 2.05) is 36.2 Å². The summed E-state index contributed by atoms with van der Waals surface area (Å²) in [6, 6.07) is 7.81. The zero-order chi connectivity index (χ0) is 13.4. The summed E-state index contributed by atoms with van der Waals surface area (Å²) in [5, 5.41) is 9.36. The van der Waals surface area contributed by atoms with Crippen LogP contribution < -0.4 is 0 Å². The molecular weight excluding hydrogens is 270 g/mol. The summed E-state index contributed by atoms with van der Waals surface area (Å²) < 4.78 is 0. The molecular formula is C13H18ClNO2S. The van der Waals surface area contributed by atoms with Gasteiger partial charge in [-0.2, -0.15) is 0 Å². The van der Waals surface area contributed by atoms with Crippen molar-refractivity contribution in [1.29, 1.82) is 0 Å². The lowest BCUT2D eigenvalue weighted by atomic mass is 10.3. The van der Waals surface area contributed by atoms with Crippen LogP contribution in [0.1, 0.15) is 12.8 Å². The summed E-state index contributed by atoms with van der Waals surface area (Å²) in [4.78, 5) is 13.6. The van der Waals surface area contributed by atoms with Gasteiger partial charge in [-0.3, -0.25) is 4.79 Å². The van der Waals surface area contributed by atoms with Crippen LogP contribution in [0.15, 0.2) is 29.2 Å². The lowest BCUT2D eigenvalue weighted by Crippen LogP contribution is -2.23. The number of hydrogen-bond donors (Lipinski definition) is 1. The quantitative estimate of drug-likeness (QED) is 0.589. The SMILES string of the molecule is CN(CCCSc1ccccc1Cl)CCC(=O)O. The molecule has 0 unspecified atom stereocenters. The van der Waals surface area contributed by atoms with Crippen LogP contribution in [-0.4, -0.2) is 41.9 Å². The Labute approximate surface area is 117 Å². The molecule has 3 nitrogen and oxygen atoms in total. The van der Waals surface area contributed by atoms with Crippen molar-refractivity contribution >= 4 is 29.3 Å². The minimum Gasteiger partial charge on any atom is -0.481 e. The third-order valence-electron chi connectivity index (χ3n) is 2.49. The molecule has 0 aliphatic carbocycles. The van der Waals surface area contributed by atoms with Crippen molar-refractivity contribution in [2.24, 2.45) is 0 Å². The molecule has 1 aromatic rings. The van der Waals surface area contributed by atoms with E-state index in [0.717, 1.165) is 28.6 Å². The molecule has 0 aliphatic heterocycles. The molecule has 1 aromatic carbocycles. The number of rotatable bonds is 8. The second-order valence-corrected chi connectivity index (χ2v) is 5.62. The summed E-state index contributed by atoms with van der Waals surface area (Å²) >= 11 is 7.79. The average Bonchev–Trinajstić information content (AvgIpc) is 2.34. The van der Waals surface area contributed by atoms with Crippen LogP contribution in [0.4, 0.5) is 0 Å². The van der Waals surface area contributed by atoms with E-state index in [2.05, 4.69) is 0 Å². The first kappa shape index (κ1) is 15.3. The standard InChI is InChI=1S/C13H18ClNO2S/c1-15(9-7-13(16)17)8-4-10-18-12-6-3-2-5-11(12)14/h2-3,5-6H,4,7-10H2,1H3,(H,16,17). The molecule has 0 bridgehead atoms. The van der Waals surface area contributed by atoms with Gasteiger partial charge in [0.15, 0.2) is 0 Å². The molecule has 0 saturated heterocycles. The molecule has 0 amide bonds. The third-order valence-corrected chi connectivity index (χ3v) is 4.09. The van der Waals surface area contributed by atoms with Gasteiger partial charge in [0.05, 0.1) is 11.4 Å². The van der Waals surface area contributed by atoms with Gasteiger partial charge in [0.25, 0.3) is 0 Å². The first-order chi connectivity index (χ1) is 8.59. The van der Waals surface area contributed by atoms with E-state index in [4.69, 9.17) is 16.7 Å². The van der Waals surface area contributed by atoms with E-state index in [1.54, 1.807) is 11.8 Å². The number of nitrogens with zero attached hydrogens (tertiary/aromatic N) is 1. The lowest BCUT2D eigenvalue weighted by molar-refractivity contribution is -0.137. The maximum absolute atomic E-state index is 10.4. The molecule has 18 heavy (non-hydrogen) atoms. The van der Waals surface area contributed by atoms with Gasteiger partial charge in [0.1, 0.15) is 0 Å². The predicted molar refractivity (Wildman–Crippen MR) is 76.5 cm³/mol. The number of thioether (sulfide) groups is 1. The third kappa shape index (κ3) is 6.28.